The molecule has 31 heavy (non-hydrogen) atoms. The smallest absolute Gasteiger partial charge is 0.410 e. The molecule has 172 valence electrons. The second kappa shape index (κ2) is 10.5. The first-order valence-corrected chi connectivity index (χ1v) is 11.4. The van der Waals surface area contributed by atoms with Crippen LogP contribution in [-0.4, -0.2) is 73.3 Å². The average molecular weight is 432 g/mol. The van der Waals surface area contributed by atoms with Gasteiger partial charge in [0.25, 0.3) is 0 Å². The fourth-order valence-corrected chi connectivity index (χ4v) is 4.02. The SMILES string of the molecule is Cc1ccc([C@@H](CN2CCOCC2)NC(=O)C2CCN(C(=O)OC(C)(C)C)CC2)cc1. The maximum atomic E-state index is 13.1. The van der Waals surface area contributed by atoms with E-state index < -0.39 is 5.60 Å². The molecule has 0 saturated carbocycles. The van der Waals surface area contributed by atoms with Crippen LogP contribution >= 0.6 is 0 Å². The van der Waals surface area contributed by atoms with Gasteiger partial charge in [-0.2, -0.15) is 0 Å². The fourth-order valence-electron chi connectivity index (χ4n) is 4.02. The third-order valence-electron chi connectivity index (χ3n) is 5.86. The molecule has 7 heteroatoms. The van der Waals surface area contributed by atoms with Gasteiger partial charge in [-0.15, -0.1) is 0 Å². The lowest BCUT2D eigenvalue weighted by atomic mass is 9.95. The molecule has 1 atom stereocenters. The number of likely N-dealkylation sites (tertiary alicyclic amines) is 1. The molecule has 0 unspecified atom stereocenters. The summed E-state index contributed by atoms with van der Waals surface area (Å²) in [6, 6.07) is 8.33. The topological polar surface area (TPSA) is 71.1 Å². The quantitative estimate of drug-likeness (QED) is 0.776. The first-order chi connectivity index (χ1) is 14.7. The number of benzene rings is 1. The number of amides is 2. The molecule has 0 spiro atoms. The summed E-state index contributed by atoms with van der Waals surface area (Å²) >= 11 is 0. The molecule has 2 fully saturated rings. The number of hydrogen-bond acceptors (Lipinski definition) is 5. The molecular weight excluding hydrogens is 394 g/mol. The van der Waals surface area contributed by atoms with Crippen molar-refractivity contribution in [3.05, 3.63) is 35.4 Å². The van der Waals surface area contributed by atoms with Crippen LogP contribution in [0.3, 0.4) is 0 Å². The number of hydrogen-bond donors (Lipinski definition) is 1. The van der Waals surface area contributed by atoms with Gasteiger partial charge in [0.2, 0.25) is 5.91 Å². The molecule has 0 aromatic heterocycles. The monoisotopic (exact) mass is 431 g/mol. The van der Waals surface area contributed by atoms with Crippen molar-refractivity contribution in [1.29, 1.82) is 0 Å². The van der Waals surface area contributed by atoms with Gasteiger partial charge < -0.3 is 19.7 Å². The van der Waals surface area contributed by atoms with Crippen LogP contribution in [0.4, 0.5) is 4.79 Å². The van der Waals surface area contributed by atoms with Crippen molar-refractivity contribution in [2.45, 2.75) is 52.2 Å². The first-order valence-electron chi connectivity index (χ1n) is 11.4. The lowest BCUT2D eigenvalue weighted by Crippen LogP contribution is -2.47. The standard InChI is InChI=1S/C24H37N3O4/c1-18-5-7-19(8-6-18)21(17-26-13-15-30-16-14-26)25-22(28)20-9-11-27(12-10-20)23(29)31-24(2,3)4/h5-8,20-21H,9-17H2,1-4H3,(H,25,28)/t21-/m1/s1. The highest BCUT2D eigenvalue weighted by Gasteiger charge is 2.31. The van der Waals surface area contributed by atoms with Crippen LogP contribution in [0.2, 0.25) is 0 Å². The Morgan fingerprint density at radius 2 is 1.71 bits per heavy atom. The number of rotatable bonds is 5. The van der Waals surface area contributed by atoms with Crippen molar-refractivity contribution in [1.82, 2.24) is 15.1 Å². The van der Waals surface area contributed by atoms with Crippen molar-refractivity contribution in [3.8, 4) is 0 Å². The summed E-state index contributed by atoms with van der Waals surface area (Å²) in [5.41, 5.74) is 1.82. The lowest BCUT2D eigenvalue weighted by Gasteiger charge is -2.34. The second-order valence-corrected chi connectivity index (χ2v) is 9.63. The van der Waals surface area contributed by atoms with E-state index in [1.807, 2.05) is 20.8 Å². The third-order valence-corrected chi connectivity index (χ3v) is 5.86. The molecule has 0 bridgehead atoms. The van der Waals surface area contributed by atoms with E-state index in [-0.39, 0.29) is 24.0 Å². The molecule has 7 nitrogen and oxygen atoms in total. The molecular formula is C24H37N3O4. The summed E-state index contributed by atoms with van der Waals surface area (Å²) in [5.74, 6) is -0.0148. The van der Waals surface area contributed by atoms with Crippen molar-refractivity contribution >= 4 is 12.0 Å². The third kappa shape index (κ3) is 7.21. The van der Waals surface area contributed by atoms with Gasteiger partial charge in [-0.3, -0.25) is 9.69 Å². The van der Waals surface area contributed by atoms with E-state index >= 15 is 0 Å². The number of carbonyl (C=O) groups is 2. The Hall–Kier alpha value is -2.12. The predicted octanol–water partition coefficient (Wildman–Crippen LogP) is 3.13. The minimum atomic E-state index is -0.508. The Labute approximate surface area is 186 Å². The maximum Gasteiger partial charge on any atom is 0.410 e. The van der Waals surface area contributed by atoms with E-state index in [1.165, 1.54) is 5.56 Å². The van der Waals surface area contributed by atoms with Crippen LogP contribution in [0, 0.1) is 12.8 Å². The van der Waals surface area contributed by atoms with Crippen molar-refractivity contribution < 1.29 is 19.1 Å². The number of nitrogens with one attached hydrogen (secondary N) is 1. The lowest BCUT2D eigenvalue weighted by molar-refractivity contribution is -0.127. The highest BCUT2D eigenvalue weighted by atomic mass is 16.6. The zero-order valence-electron chi connectivity index (χ0n) is 19.4. The summed E-state index contributed by atoms with van der Waals surface area (Å²) in [6.45, 7) is 12.8. The van der Waals surface area contributed by atoms with Crippen LogP contribution in [-0.2, 0) is 14.3 Å². The summed E-state index contributed by atoms with van der Waals surface area (Å²) in [5, 5.41) is 3.30. The number of nitrogens with zero attached hydrogens (tertiary/aromatic N) is 2. The molecule has 0 aliphatic carbocycles. The van der Waals surface area contributed by atoms with E-state index in [1.54, 1.807) is 4.90 Å². The molecule has 1 aromatic rings. The van der Waals surface area contributed by atoms with Gasteiger partial charge in [0.05, 0.1) is 19.3 Å². The van der Waals surface area contributed by atoms with Crippen LogP contribution in [0.15, 0.2) is 24.3 Å². The fraction of sp³-hybridized carbons (Fsp3) is 0.667. The minimum absolute atomic E-state index is 0.0601. The molecule has 2 heterocycles. The molecule has 1 aromatic carbocycles. The van der Waals surface area contributed by atoms with E-state index in [9.17, 15) is 9.59 Å². The van der Waals surface area contributed by atoms with Gasteiger partial charge in [0.15, 0.2) is 0 Å². The summed E-state index contributed by atoms with van der Waals surface area (Å²) in [4.78, 5) is 29.5. The average Bonchev–Trinajstić information content (AvgIpc) is 2.73. The van der Waals surface area contributed by atoms with E-state index in [0.29, 0.717) is 25.9 Å². The molecule has 2 saturated heterocycles. The normalized spacial score (nSPS) is 19.7. The Morgan fingerprint density at radius 1 is 1.10 bits per heavy atom. The molecule has 2 aliphatic heterocycles. The Kier molecular flexibility index (Phi) is 7.94. The van der Waals surface area contributed by atoms with Gasteiger partial charge in [-0.1, -0.05) is 29.8 Å². The molecule has 0 radical (unpaired) electrons. The van der Waals surface area contributed by atoms with Gasteiger partial charge in [-0.05, 0) is 46.1 Å². The summed E-state index contributed by atoms with van der Waals surface area (Å²) in [7, 11) is 0. The zero-order chi connectivity index (χ0) is 22.4. The Balaban J connectivity index is 1.58. The zero-order valence-corrected chi connectivity index (χ0v) is 19.4. The van der Waals surface area contributed by atoms with Crippen LogP contribution < -0.4 is 5.32 Å². The first kappa shape index (κ1) is 23.5. The highest BCUT2D eigenvalue weighted by Crippen LogP contribution is 2.22. The molecule has 2 aliphatic rings. The molecule has 1 N–H and O–H groups in total. The summed E-state index contributed by atoms with van der Waals surface area (Å²) in [6.07, 6.45) is 1.02. The van der Waals surface area contributed by atoms with Crippen LogP contribution in [0.25, 0.3) is 0 Å². The van der Waals surface area contributed by atoms with Gasteiger partial charge in [0.1, 0.15) is 5.60 Å². The van der Waals surface area contributed by atoms with E-state index in [2.05, 4.69) is 41.4 Å². The van der Waals surface area contributed by atoms with Gasteiger partial charge in [-0.25, -0.2) is 4.79 Å². The number of carbonyl (C=O) groups excluding carboxylic acids is 2. The Morgan fingerprint density at radius 3 is 2.29 bits per heavy atom. The van der Waals surface area contributed by atoms with Crippen molar-refractivity contribution in [2.24, 2.45) is 5.92 Å². The van der Waals surface area contributed by atoms with E-state index in [4.69, 9.17) is 9.47 Å². The maximum absolute atomic E-state index is 13.1. The molecule has 3 rings (SSSR count). The highest BCUT2D eigenvalue weighted by molar-refractivity contribution is 5.79. The Bertz CT molecular complexity index is 730. The number of aryl methyl sites for hydroxylation is 1. The van der Waals surface area contributed by atoms with E-state index in [0.717, 1.165) is 38.4 Å². The predicted molar refractivity (Wildman–Crippen MR) is 120 cm³/mol. The van der Waals surface area contributed by atoms with Crippen molar-refractivity contribution in [3.63, 3.8) is 0 Å². The minimum Gasteiger partial charge on any atom is -0.444 e. The number of morpholine rings is 1. The summed E-state index contributed by atoms with van der Waals surface area (Å²) < 4.78 is 10.9. The van der Waals surface area contributed by atoms with Gasteiger partial charge >= 0.3 is 6.09 Å². The number of ether oxygens (including phenoxy) is 2. The largest absolute Gasteiger partial charge is 0.444 e. The van der Waals surface area contributed by atoms with Gasteiger partial charge in [0, 0.05) is 38.6 Å². The van der Waals surface area contributed by atoms with Crippen molar-refractivity contribution in [2.75, 3.05) is 45.9 Å². The number of piperidine rings is 1. The van der Waals surface area contributed by atoms with Crippen LogP contribution in [0.5, 0.6) is 0 Å². The molecule has 2 amide bonds. The second-order valence-electron chi connectivity index (χ2n) is 9.63. The van der Waals surface area contributed by atoms with Crippen LogP contribution in [0.1, 0.15) is 50.8 Å².